The Bertz CT molecular complexity index is 3290. The number of pyridine rings is 1. The van der Waals surface area contributed by atoms with Gasteiger partial charge >= 0.3 is 6.18 Å². The van der Waals surface area contributed by atoms with Crippen molar-refractivity contribution in [3.63, 3.8) is 0 Å². The highest BCUT2D eigenvalue weighted by atomic mass is 79.9. The molecule has 4 aromatic carbocycles. The van der Waals surface area contributed by atoms with Crippen molar-refractivity contribution in [2.75, 3.05) is 79.3 Å². The number of aromatic nitrogens is 5. The molecule has 73 heavy (non-hydrogen) atoms. The summed E-state index contributed by atoms with van der Waals surface area (Å²) in [6, 6.07) is 26.6. The van der Waals surface area contributed by atoms with Gasteiger partial charge in [-0.3, -0.25) is 23.9 Å². The molecule has 0 saturated carbocycles. The molecule has 6 aliphatic rings. The molecule has 9 heterocycles. The summed E-state index contributed by atoms with van der Waals surface area (Å²) >= 11 is 7.03. The maximum absolute atomic E-state index is 13.0. The number of nitrogens with one attached hydrogen (secondary N) is 1. The van der Waals surface area contributed by atoms with E-state index in [-0.39, 0.29) is 23.4 Å². The van der Waals surface area contributed by atoms with Crippen LogP contribution in [0.2, 0.25) is 0 Å². The van der Waals surface area contributed by atoms with Crippen LogP contribution in [0.5, 0.6) is 0 Å². The number of Topliss-reactive ketones (excluding diaryl/α,β-unsaturated/α-hetero) is 1. The van der Waals surface area contributed by atoms with Gasteiger partial charge in [-0.05, 0) is 90.3 Å². The molecule has 0 radical (unpaired) electrons. The average molecular weight is 1120 g/mol. The molecule has 0 bridgehead atoms. The first kappa shape index (κ1) is 48.9. The normalized spacial score (nSPS) is 19.2. The number of hydrogen-bond donors (Lipinski definition) is 1. The Labute approximate surface area is 436 Å². The molecule has 6 aliphatic heterocycles. The number of aryl methyl sites for hydroxylation is 3. The molecule has 14 nitrogen and oxygen atoms in total. The lowest BCUT2D eigenvalue weighted by Crippen LogP contribution is -2.49. The van der Waals surface area contributed by atoms with Crippen LogP contribution in [0, 0.1) is 6.92 Å². The number of ether oxygens (including phenoxy) is 3. The van der Waals surface area contributed by atoms with Gasteiger partial charge in [0.2, 0.25) is 0 Å². The molecular formula is C54H50Br2F3N9O5. The Morgan fingerprint density at radius 1 is 0.671 bits per heavy atom. The summed E-state index contributed by atoms with van der Waals surface area (Å²) in [6.07, 6.45) is 1.10. The minimum Gasteiger partial charge on any atom is -0.377 e. The van der Waals surface area contributed by atoms with E-state index in [1.807, 2.05) is 66.8 Å². The molecular weight excluding hydrogens is 1070 g/mol. The zero-order chi connectivity index (χ0) is 50.7. The Balaban J connectivity index is 0.000000135. The molecule has 3 saturated heterocycles. The van der Waals surface area contributed by atoms with Crippen LogP contribution < -0.4 is 20.0 Å². The first-order chi connectivity index (χ1) is 35.2. The SMILES string of the molecule is Cc1ccc(NC(=O)c2ccnc(C(F)(F)F)c2)cc1-c1ccc2c(c1)N1CCOCC1c1cn(C)nc1-2.Cn1cc2c(n1)-c1ccc(Br)cc1N1CCOCC21.O=C1CC2COCCN2c2cc(Br)ccc21. The van der Waals surface area contributed by atoms with Crippen molar-refractivity contribution in [3.05, 3.63) is 146 Å². The largest absolute Gasteiger partial charge is 0.433 e. The fourth-order valence-corrected chi connectivity index (χ4v) is 11.4. The van der Waals surface area contributed by atoms with Crippen LogP contribution in [0.25, 0.3) is 33.6 Å². The summed E-state index contributed by atoms with van der Waals surface area (Å²) in [5.74, 6) is -0.411. The first-order valence-corrected chi connectivity index (χ1v) is 25.6. The molecule has 3 unspecified atom stereocenters. The van der Waals surface area contributed by atoms with E-state index in [2.05, 4.69) is 105 Å². The van der Waals surface area contributed by atoms with Crippen LogP contribution >= 0.6 is 31.9 Å². The van der Waals surface area contributed by atoms with Crippen LogP contribution in [0.3, 0.4) is 0 Å². The number of anilines is 4. The van der Waals surface area contributed by atoms with Gasteiger partial charge in [0, 0.05) is 124 Å². The van der Waals surface area contributed by atoms with Crippen molar-refractivity contribution in [2.45, 2.75) is 37.6 Å². The molecule has 7 aromatic rings. The highest BCUT2D eigenvalue weighted by Crippen LogP contribution is 2.48. The van der Waals surface area contributed by atoms with Crippen molar-refractivity contribution in [2.24, 2.45) is 14.1 Å². The molecule has 3 aromatic heterocycles. The monoisotopic (exact) mass is 1120 g/mol. The first-order valence-electron chi connectivity index (χ1n) is 24.0. The number of hydrogen-bond acceptors (Lipinski definition) is 11. The van der Waals surface area contributed by atoms with E-state index in [0.717, 1.165) is 117 Å². The van der Waals surface area contributed by atoms with Crippen LogP contribution in [-0.2, 0) is 34.5 Å². The number of halogens is 5. The number of amides is 1. The summed E-state index contributed by atoms with van der Waals surface area (Å²) in [5.41, 5.74) is 13.1. The second kappa shape index (κ2) is 19.8. The van der Waals surface area contributed by atoms with Crippen LogP contribution in [0.4, 0.5) is 35.9 Å². The van der Waals surface area contributed by atoms with Gasteiger partial charge in [0.15, 0.2) is 5.78 Å². The lowest BCUT2D eigenvalue weighted by molar-refractivity contribution is -0.141. The van der Waals surface area contributed by atoms with Crippen LogP contribution in [0.15, 0.2) is 112 Å². The number of benzene rings is 4. The average Bonchev–Trinajstić information content (AvgIpc) is 3.99. The minimum absolute atomic E-state index is 0.0869. The number of fused-ring (bicyclic) bond motifs is 15. The van der Waals surface area contributed by atoms with Crippen molar-refractivity contribution < 1.29 is 37.0 Å². The number of ketones is 1. The molecule has 376 valence electrons. The van der Waals surface area contributed by atoms with E-state index in [1.54, 1.807) is 6.07 Å². The Morgan fingerprint density at radius 3 is 1.86 bits per heavy atom. The molecule has 0 spiro atoms. The number of carbonyl (C=O) groups excluding carboxylic acids is 2. The Morgan fingerprint density at radius 2 is 1.23 bits per heavy atom. The predicted molar refractivity (Wildman–Crippen MR) is 279 cm³/mol. The number of alkyl halides is 3. The highest BCUT2D eigenvalue weighted by Gasteiger charge is 2.38. The second-order valence-electron chi connectivity index (χ2n) is 18.8. The molecule has 13 rings (SSSR count). The summed E-state index contributed by atoms with van der Waals surface area (Å²) in [7, 11) is 3.89. The van der Waals surface area contributed by atoms with Gasteiger partial charge in [-0.1, -0.05) is 50.1 Å². The summed E-state index contributed by atoms with van der Waals surface area (Å²) in [5, 5.41) is 12.1. The molecule has 3 atom stereocenters. The lowest BCUT2D eigenvalue weighted by atomic mass is 9.90. The van der Waals surface area contributed by atoms with Gasteiger partial charge in [-0.25, -0.2) is 0 Å². The van der Waals surface area contributed by atoms with Crippen LogP contribution in [0.1, 0.15) is 61.6 Å². The van der Waals surface area contributed by atoms with Gasteiger partial charge in [-0.2, -0.15) is 23.4 Å². The minimum atomic E-state index is -4.63. The molecule has 1 amide bonds. The summed E-state index contributed by atoms with van der Waals surface area (Å²) in [6.45, 7) is 8.72. The third kappa shape index (κ3) is 9.57. The lowest BCUT2D eigenvalue weighted by Gasteiger charge is -2.41. The maximum Gasteiger partial charge on any atom is 0.433 e. The number of rotatable bonds is 3. The fourth-order valence-electron chi connectivity index (χ4n) is 10.7. The quantitative estimate of drug-likeness (QED) is 0.181. The van der Waals surface area contributed by atoms with Gasteiger partial charge in [-0.15, -0.1) is 0 Å². The van der Waals surface area contributed by atoms with Gasteiger partial charge in [0.05, 0.1) is 69.2 Å². The predicted octanol–water partition coefficient (Wildman–Crippen LogP) is 10.6. The van der Waals surface area contributed by atoms with E-state index >= 15 is 0 Å². The molecule has 1 N–H and O–H groups in total. The third-order valence-corrected chi connectivity index (χ3v) is 15.1. The van der Waals surface area contributed by atoms with Crippen molar-refractivity contribution in [1.29, 1.82) is 0 Å². The number of carbonyl (C=O) groups is 2. The topological polar surface area (TPSA) is 132 Å². The van der Waals surface area contributed by atoms with Crippen LogP contribution in [-0.4, -0.2) is 102 Å². The smallest absolute Gasteiger partial charge is 0.377 e. The van der Waals surface area contributed by atoms with Gasteiger partial charge in [0.1, 0.15) is 5.69 Å². The summed E-state index contributed by atoms with van der Waals surface area (Å²) in [4.78, 5) is 35.1. The van der Waals surface area contributed by atoms with Gasteiger partial charge < -0.3 is 34.2 Å². The Hall–Kier alpha value is -6.38. The van der Waals surface area contributed by atoms with E-state index in [0.29, 0.717) is 38.0 Å². The van der Waals surface area contributed by atoms with E-state index in [4.69, 9.17) is 19.3 Å². The van der Waals surface area contributed by atoms with Gasteiger partial charge in [0.25, 0.3) is 5.91 Å². The Kier molecular flexibility index (Phi) is 13.3. The zero-order valence-corrected chi connectivity index (χ0v) is 43.3. The van der Waals surface area contributed by atoms with E-state index < -0.39 is 17.8 Å². The number of nitrogens with zero attached hydrogens (tertiary/aromatic N) is 8. The molecule has 19 heteroatoms. The maximum atomic E-state index is 13.0. The number of morpholine rings is 3. The van der Waals surface area contributed by atoms with E-state index in [9.17, 15) is 22.8 Å². The second-order valence-corrected chi connectivity index (χ2v) is 20.6. The van der Waals surface area contributed by atoms with Crippen molar-refractivity contribution in [1.82, 2.24) is 24.5 Å². The standard InChI is InChI=1S/C28H24F3N5O2.C14H14BrN3O.C12H12BrNO2/c1-16-3-5-19(33-27(37)18-7-8-32-25(12-18)28(29,30)31)13-21(16)17-4-6-20-23(11-17)36-9-10-38-15-24(36)22-14-35(2)34-26(20)22;1-17-7-11-13-8-19-5-4-18(13)12-6-9(15)2-3-10(12)14(11)16-17;13-8-1-2-10-11(5-8)14-3-4-16-7-9(14)6-12(10)15/h3-8,11-14,24H,9-10,15H2,1-2H3,(H,33,37);2-3,6-7,13H,4-5,8H2,1H3;1-2,5,9H,3-4,6-7H2. The zero-order valence-electron chi connectivity index (χ0n) is 40.1. The van der Waals surface area contributed by atoms with Crippen molar-refractivity contribution >= 4 is 66.3 Å². The fraction of sp³-hybridized carbons (Fsp3) is 0.315. The van der Waals surface area contributed by atoms with Crippen molar-refractivity contribution in [3.8, 4) is 33.6 Å². The molecule has 0 aliphatic carbocycles. The third-order valence-electron chi connectivity index (χ3n) is 14.1. The molecule has 3 fully saturated rings. The highest BCUT2D eigenvalue weighted by molar-refractivity contribution is 9.10. The van der Waals surface area contributed by atoms with E-state index in [1.165, 1.54) is 22.9 Å². The summed E-state index contributed by atoms with van der Waals surface area (Å²) < 4.78 is 61.8.